The number of nitrogens with zero attached hydrogens (tertiary/aromatic N) is 1. The van der Waals surface area contributed by atoms with E-state index in [1.807, 2.05) is 0 Å². The Labute approximate surface area is 172 Å². The summed E-state index contributed by atoms with van der Waals surface area (Å²) in [5.41, 5.74) is 0.560. The molecule has 0 saturated heterocycles. The Morgan fingerprint density at radius 1 is 1.03 bits per heavy atom. The molecule has 3 rings (SSSR count). The first-order valence-corrected chi connectivity index (χ1v) is 10.2. The summed E-state index contributed by atoms with van der Waals surface area (Å²) in [6.07, 6.45) is 1.47. The van der Waals surface area contributed by atoms with Crippen LogP contribution in [0, 0.1) is 0 Å². The number of nitrogens with one attached hydrogen (secondary N) is 1. The molecule has 1 aromatic heterocycles. The van der Waals surface area contributed by atoms with E-state index in [1.165, 1.54) is 24.4 Å². The fourth-order valence-electron chi connectivity index (χ4n) is 2.50. The van der Waals surface area contributed by atoms with Crippen LogP contribution in [0.2, 0.25) is 0 Å². The van der Waals surface area contributed by atoms with Crippen LogP contribution in [-0.4, -0.2) is 27.1 Å². The van der Waals surface area contributed by atoms with Crippen LogP contribution in [0.25, 0.3) is 0 Å². The van der Waals surface area contributed by atoms with E-state index in [2.05, 4.69) is 14.4 Å². The summed E-state index contributed by atoms with van der Waals surface area (Å²) in [5.74, 6) is 1.03. The molecule has 0 bridgehead atoms. The summed E-state index contributed by atoms with van der Waals surface area (Å²) in [7, 11) is -2.54. The molecule has 0 aliphatic carbocycles. The van der Waals surface area contributed by atoms with Gasteiger partial charge in [0.05, 0.1) is 7.11 Å². The number of hydrogen-bond acceptors (Lipinski definition) is 6. The molecular formula is C20H18F2N2O5S. The second kappa shape index (κ2) is 9.51. The molecule has 0 aliphatic heterocycles. The van der Waals surface area contributed by atoms with Crippen LogP contribution in [0.15, 0.2) is 71.8 Å². The highest BCUT2D eigenvalue weighted by atomic mass is 32.2. The summed E-state index contributed by atoms with van der Waals surface area (Å²) < 4.78 is 67.6. The number of ether oxygens (including phenoxy) is 3. The number of benzene rings is 2. The molecule has 158 valence electrons. The molecule has 1 heterocycles. The SMILES string of the molecule is COc1ccc(Oc2cc(CNS(=O)(=O)c3ccccc3OC(F)F)ccn2)cc1. The van der Waals surface area contributed by atoms with Gasteiger partial charge in [-0.15, -0.1) is 0 Å². The van der Waals surface area contributed by atoms with E-state index in [-0.39, 0.29) is 17.3 Å². The molecule has 3 aromatic rings. The molecule has 10 heteroatoms. The summed E-state index contributed by atoms with van der Waals surface area (Å²) in [6.45, 7) is -3.24. The number of rotatable bonds is 9. The number of aromatic nitrogens is 1. The highest BCUT2D eigenvalue weighted by molar-refractivity contribution is 7.89. The van der Waals surface area contributed by atoms with Gasteiger partial charge in [-0.25, -0.2) is 18.1 Å². The molecule has 7 nitrogen and oxygen atoms in total. The van der Waals surface area contributed by atoms with Crippen molar-refractivity contribution < 1.29 is 31.4 Å². The third-order valence-electron chi connectivity index (χ3n) is 3.90. The van der Waals surface area contributed by atoms with Gasteiger partial charge in [0, 0.05) is 18.8 Å². The predicted octanol–water partition coefficient (Wildman–Crippen LogP) is 3.96. The van der Waals surface area contributed by atoms with Gasteiger partial charge in [-0.2, -0.15) is 8.78 Å². The second-order valence-corrected chi connectivity index (χ2v) is 7.67. The minimum atomic E-state index is -4.10. The summed E-state index contributed by atoms with van der Waals surface area (Å²) in [4.78, 5) is 3.71. The van der Waals surface area contributed by atoms with Crippen molar-refractivity contribution in [3.8, 4) is 23.1 Å². The Balaban J connectivity index is 1.70. The third-order valence-corrected chi connectivity index (χ3v) is 5.34. The van der Waals surface area contributed by atoms with Gasteiger partial charge in [0.1, 0.15) is 22.1 Å². The quantitative estimate of drug-likeness (QED) is 0.546. The Hall–Kier alpha value is -3.24. The average Bonchev–Trinajstić information content (AvgIpc) is 2.73. The van der Waals surface area contributed by atoms with Gasteiger partial charge in [-0.3, -0.25) is 0 Å². The number of hydrogen-bond donors (Lipinski definition) is 1. The molecule has 1 N–H and O–H groups in total. The van der Waals surface area contributed by atoms with Crippen LogP contribution in [0.4, 0.5) is 8.78 Å². The largest absolute Gasteiger partial charge is 0.497 e. The van der Waals surface area contributed by atoms with E-state index < -0.39 is 22.4 Å². The van der Waals surface area contributed by atoms with Gasteiger partial charge in [0.15, 0.2) is 0 Å². The lowest BCUT2D eigenvalue weighted by atomic mass is 10.3. The third kappa shape index (κ3) is 5.65. The van der Waals surface area contributed by atoms with Crippen molar-refractivity contribution in [1.82, 2.24) is 9.71 Å². The van der Waals surface area contributed by atoms with Crippen molar-refractivity contribution in [2.75, 3.05) is 7.11 Å². The first-order valence-electron chi connectivity index (χ1n) is 8.68. The molecule has 30 heavy (non-hydrogen) atoms. The smallest absolute Gasteiger partial charge is 0.387 e. The summed E-state index contributed by atoms with van der Waals surface area (Å²) >= 11 is 0. The normalized spacial score (nSPS) is 11.3. The number of para-hydroxylation sites is 1. The van der Waals surface area contributed by atoms with Crippen molar-refractivity contribution in [2.45, 2.75) is 18.1 Å². The molecule has 0 unspecified atom stereocenters. The van der Waals surface area contributed by atoms with Gasteiger partial charge in [0.25, 0.3) is 0 Å². The van der Waals surface area contributed by atoms with E-state index in [0.29, 0.717) is 17.1 Å². The van der Waals surface area contributed by atoms with Crippen LogP contribution in [-0.2, 0) is 16.6 Å². The molecule has 0 fully saturated rings. The van der Waals surface area contributed by atoms with Crippen molar-refractivity contribution in [2.24, 2.45) is 0 Å². The maximum Gasteiger partial charge on any atom is 0.387 e. The Morgan fingerprint density at radius 3 is 2.43 bits per heavy atom. The van der Waals surface area contributed by atoms with E-state index in [4.69, 9.17) is 9.47 Å². The Bertz CT molecular complexity index is 1090. The number of methoxy groups -OCH3 is 1. The van der Waals surface area contributed by atoms with Gasteiger partial charge in [0.2, 0.25) is 15.9 Å². The first-order chi connectivity index (χ1) is 14.4. The first kappa shape index (κ1) is 21.5. The average molecular weight is 436 g/mol. The molecule has 0 saturated carbocycles. The minimum absolute atomic E-state index is 0.104. The van der Waals surface area contributed by atoms with Gasteiger partial charge in [-0.05, 0) is 48.0 Å². The molecular weight excluding hydrogens is 418 g/mol. The molecule has 0 spiro atoms. The molecule has 0 atom stereocenters. The maximum absolute atomic E-state index is 12.5. The van der Waals surface area contributed by atoms with Crippen LogP contribution >= 0.6 is 0 Å². The number of pyridine rings is 1. The standard InChI is InChI=1S/C20H18F2N2O5S/c1-27-15-6-8-16(9-7-15)28-19-12-14(10-11-23-19)13-24-30(25,26)18-5-3-2-4-17(18)29-20(21)22/h2-12,20,24H,13H2,1H3. The fraction of sp³-hybridized carbons (Fsp3) is 0.150. The molecule has 0 amide bonds. The Kier molecular flexibility index (Phi) is 6.80. The topological polar surface area (TPSA) is 86.8 Å². The fourth-order valence-corrected chi connectivity index (χ4v) is 3.65. The molecule has 2 aromatic carbocycles. The summed E-state index contributed by atoms with van der Waals surface area (Å²) in [5, 5.41) is 0. The zero-order valence-corrected chi connectivity index (χ0v) is 16.6. The summed E-state index contributed by atoms with van der Waals surface area (Å²) in [6, 6.07) is 15.2. The van der Waals surface area contributed by atoms with Crippen molar-refractivity contribution >= 4 is 10.0 Å². The Morgan fingerprint density at radius 2 is 1.73 bits per heavy atom. The van der Waals surface area contributed by atoms with Crippen molar-refractivity contribution in [3.63, 3.8) is 0 Å². The molecule has 0 aliphatic rings. The molecule has 0 radical (unpaired) electrons. The lowest BCUT2D eigenvalue weighted by Crippen LogP contribution is -2.24. The number of sulfonamides is 1. The zero-order chi connectivity index (χ0) is 21.6. The number of halogens is 2. The van der Waals surface area contributed by atoms with Crippen LogP contribution in [0.5, 0.6) is 23.1 Å². The maximum atomic E-state index is 12.5. The van der Waals surface area contributed by atoms with Crippen molar-refractivity contribution in [1.29, 1.82) is 0 Å². The monoisotopic (exact) mass is 436 g/mol. The van der Waals surface area contributed by atoms with Gasteiger partial charge >= 0.3 is 6.61 Å². The number of alkyl halides is 2. The van der Waals surface area contributed by atoms with Gasteiger partial charge in [-0.1, -0.05) is 12.1 Å². The van der Waals surface area contributed by atoms with E-state index in [0.717, 1.165) is 6.07 Å². The van der Waals surface area contributed by atoms with E-state index in [9.17, 15) is 17.2 Å². The second-order valence-electron chi connectivity index (χ2n) is 5.93. The van der Waals surface area contributed by atoms with Gasteiger partial charge < -0.3 is 14.2 Å². The van der Waals surface area contributed by atoms with Crippen molar-refractivity contribution in [3.05, 3.63) is 72.4 Å². The van der Waals surface area contributed by atoms with Crippen LogP contribution < -0.4 is 18.9 Å². The zero-order valence-electron chi connectivity index (χ0n) is 15.8. The van der Waals surface area contributed by atoms with Crippen LogP contribution in [0.1, 0.15) is 5.56 Å². The van der Waals surface area contributed by atoms with E-state index in [1.54, 1.807) is 43.5 Å². The lowest BCUT2D eigenvalue weighted by Gasteiger charge is -2.12. The lowest BCUT2D eigenvalue weighted by molar-refractivity contribution is -0.0517. The predicted molar refractivity (Wildman–Crippen MR) is 104 cm³/mol. The minimum Gasteiger partial charge on any atom is -0.497 e. The highest BCUT2D eigenvalue weighted by Gasteiger charge is 2.21. The highest BCUT2D eigenvalue weighted by Crippen LogP contribution is 2.26. The van der Waals surface area contributed by atoms with Crippen LogP contribution in [0.3, 0.4) is 0 Å². The van der Waals surface area contributed by atoms with E-state index >= 15 is 0 Å².